The van der Waals surface area contributed by atoms with Crippen molar-refractivity contribution in [1.82, 2.24) is 4.90 Å². The molecule has 1 fully saturated rings. The van der Waals surface area contributed by atoms with Crippen molar-refractivity contribution >= 4 is 0 Å². The highest BCUT2D eigenvalue weighted by molar-refractivity contribution is 4.84. The van der Waals surface area contributed by atoms with E-state index in [-0.39, 0.29) is 6.61 Å². The Morgan fingerprint density at radius 3 is 2.60 bits per heavy atom. The van der Waals surface area contributed by atoms with Crippen molar-refractivity contribution in [1.29, 1.82) is 0 Å². The summed E-state index contributed by atoms with van der Waals surface area (Å²) in [6.07, 6.45) is 3.37. The first-order valence-corrected chi connectivity index (χ1v) is 6.03. The van der Waals surface area contributed by atoms with E-state index >= 15 is 0 Å². The molecule has 3 atom stereocenters. The van der Waals surface area contributed by atoms with Crippen LogP contribution in [0, 0.1) is 11.8 Å². The molecular weight excluding hydrogens is 188 g/mol. The summed E-state index contributed by atoms with van der Waals surface area (Å²) in [6.45, 7) is 6.63. The van der Waals surface area contributed by atoms with Crippen LogP contribution in [0.1, 0.15) is 33.1 Å². The van der Waals surface area contributed by atoms with Gasteiger partial charge in [0.25, 0.3) is 0 Å². The fraction of sp³-hybridized carbons (Fsp3) is 1.00. The quantitative estimate of drug-likeness (QED) is 0.666. The number of nitrogens with zero attached hydrogens (tertiary/aromatic N) is 1. The van der Waals surface area contributed by atoms with Gasteiger partial charge in [-0.15, -0.1) is 0 Å². The molecule has 1 saturated carbocycles. The predicted molar refractivity (Wildman–Crippen MR) is 63.7 cm³/mol. The van der Waals surface area contributed by atoms with Crippen LogP contribution in [0.4, 0.5) is 0 Å². The van der Waals surface area contributed by atoms with Gasteiger partial charge in [0, 0.05) is 12.1 Å². The van der Waals surface area contributed by atoms with Crippen LogP contribution in [-0.2, 0) is 0 Å². The average molecular weight is 214 g/mol. The second-order valence-corrected chi connectivity index (χ2v) is 5.65. The van der Waals surface area contributed by atoms with Crippen molar-refractivity contribution in [2.75, 3.05) is 26.7 Å². The molecule has 1 aliphatic rings. The molecule has 15 heavy (non-hydrogen) atoms. The Morgan fingerprint density at radius 1 is 1.53 bits per heavy atom. The number of rotatable bonds is 7. The van der Waals surface area contributed by atoms with Gasteiger partial charge in [0.15, 0.2) is 0 Å². The highest BCUT2D eigenvalue weighted by atomic mass is 16.3. The van der Waals surface area contributed by atoms with Crippen LogP contribution in [0.3, 0.4) is 0 Å². The van der Waals surface area contributed by atoms with Crippen LogP contribution in [0.15, 0.2) is 0 Å². The molecule has 0 bridgehead atoms. The van der Waals surface area contributed by atoms with Gasteiger partial charge in [0.2, 0.25) is 0 Å². The van der Waals surface area contributed by atoms with Gasteiger partial charge in [-0.3, -0.25) is 0 Å². The van der Waals surface area contributed by atoms with Crippen molar-refractivity contribution in [2.45, 2.75) is 38.6 Å². The Hall–Kier alpha value is -0.120. The second-order valence-electron chi connectivity index (χ2n) is 5.65. The number of aliphatic hydroxyl groups is 1. The Kier molecular flexibility index (Phi) is 4.56. The van der Waals surface area contributed by atoms with E-state index in [1.165, 1.54) is 13.0 Å². The van der Waals surface area contributed by atoms with Crippen LogP contribution in [0.25, 0.3) is 0 Å². The lowest BCUT2D eigenvalue weighted by molar-refractivity contribution is 0.191. The van der Waals surface area contributed by atoms with E-state index in [1.54, 1.807) is 0 Å². The summed E-state index contributed by atoms with van der Waals surface area (Å²) in [5, 5.41) is 9.01. The third-order valence-electron chi connectivity index (χ3n) is 3.47. The minimum absolute atomic E-state index is 0.0797. The van der Waals surface area contributed by atoms with E-state index in [0.717, 1.165) is 31.2 Å². The summed E-state index contributed by atoms with van der Waals surface area (Å²) in [7, 11) is 2.18. The summed E-state index contributed by atoms with van der Waals surface area (Å²) < 4.78 is 0. The zero-order chi connectivity index (χ0) is 11.5. The first kappa shape index (κ1) is 12.9. The lowest BCUT2D eigenvalue weighted by Gasteiger charge is -2.23. The van der Waals surface area contributed by atoms with E-state index < -0.39 is 5.54 Å². The molecule has 0 saturated heterocycles. The molecule has 1 aliphatic carbocycles. The fourth-order valence-electron chi connectivity index (χ4n) is 1.98. The van der Waals surface area contributed by atoms with Crippen LogP contribution in [0.2, 0.25) is 0 Å². The predicted octanol–water partition coefficient (Wildman–Crippen LogP) is 1.06. The highest BCUT2D eigenvalue weighted by Crippen LogP contribution is 2.37. The Balaban J connectivity index is 2.04. The zero-order valence-electron chi connectivity index (χ0n) is 10.4. The monoisotopic (exact) mass is 214 g/mol. The van der Waals surface area contributed by atoms with Crippen molar-refractivity contribution in [3.05, 3.63) is 0 Å². The normalized spacial score (nSPS) is 29.2. The molecule has 0 aromatic heterocycles. The maximum Gasteiger partial charge on any atom is 0.0608 e. The van der Waals surface area contributed by atoms with Crippen LogP contribution in [-0.4, -0.2) is 42.3 Å². The Bertz CT molecular complexity index is 194. The van der Waals surface area contributed by atoms with Crippen molar-refractivity contribution in [2.24, 2.45) is 17.6 Å². The Morgan fingerprint density at radius 2 is 2.13 bits per heavy atom. The first-order valence-electron chi connectivity index (χ1n) is 6.03. The van der Waals surface area contributed by atoms with Gasteiger partial charge in [-0.2, -0.15) is 0 Å². The van der Waals surface area contributed by atoms with Crippen molar-refractivity contribution in [3.63, 3.8) is 0 Å². The zero-order valence-corrected chi connectivity index (χ0v) is 10.4. The van der Waals surface area contributed by atoms with Gasteiger partial charge in [-0.25, -0.2) is 0 Å². The molecule has 0 radical (unpaired) electrons. The molecule has 3 heteroatoms. The molecule has 0 spiro atoms. The van der Waals surface area contributed by atoms with E-state index in [2.05, 4.69) is 18.9 Å². The standard InChI is InChI=1S/C12H26N2O/c1-10-7-11(10)8-14(3)6-4-5-12(2,13)9-15/h10-11,15H,4-9,13H2,1-3H3. The highest BCUT2D eigenvalue weighted by Gasteiger charge is 2.32. The molecule has 90 valence electrons. The van der Waals surface area contributed by atoms with Gasteiger partial charge in [0.05, 0.1) is 6.61 Å². The van der Waals surface area contributed by atoms with Gasteiger partial charge < -0.3 is 15.7 Å². The van der Waals surface area contributed by atoms with E-state index in [0.29, 0.717) is 0 Å². The SMILES string of the molecule is CC1CC1CN(C)CCCC(C)(N)CO. The summed E-state index contributed by atoms with van der Waals surface area (Å²) in [4.78, 5) is 2.39. The number of hydrogen-bond donors (Lipinski definition) is 2. The molecular formula is C12H26N2O. The third kappa shape index (κ3) is 4.96. The van der Waals surface area contributed by atoms with Gasteiger partial charge >= 0.3 is 0 Å². The topological polar surface area (TPSA) is 49.5 Å². The van der Waals surface area contributed by atoms with E-state index in [9.17, 15) is 0 Å². The number of hydrogen-bond acceptors (Lipinski definition) is 3. The molecule has 0 aromatic rings. The lowest BCUT2D eigenvalue weighted by atomic mass is 9.98. The average Bonchev–Trinajstić information content (AvgIpc) is 2.81. The Labute approximate surface area is 93.6 Å². The molecule has 0 aromatic carbocycles. The number of aliphatic hydroxyl groups excluding tert-OH is 1. The van der Waals surface area contributed by atoms with E-state index in [1.807, 2.05) is 6.92 Å². The minimum atomic E-state index is -0.395. The molecule has 0 heterocycles. The van der Waals surface area contributed by atoms with Crippen LogP contribution >= 0.6 is 0 Å². The smallest absolute Gasteiger partial charge is 0.0608 e. The maximum atomic E-state index is 9.01. The van der Waals surface area contributed by atoms with Gasteiger partial charge in [-0.1, -0.05) is 6.92 Å². The maximum absolute atomic E-state index is 9.01. The molecule has 1 rings (SSSR count). The van der Waals surface area contributed by atoms with Gasteiger partial charge in [-0.05, 0) is 51.6 Å². The molecule has 0 amide bonds. The summed E-state index contributed by atoms with van der Waals surface area (Å²) in [5.74, 6) is 1.86. The summed E-state index contributed by atoms with van der Waals surface area (Å²) >= 11 is 0. The molecule has 3 unspecified atom stereocenters. The first-order chi connectivity index (χ1) is 6.94. The lowest BCUT2D eigenvalue weighted by Crippen LogP contribution is -2.40. The molecule has 3 N–H and O–H groups in total. The van der Waals surface area contributed by atoms with Crippen LogP contribution < -0.4 is 5.73 Å². The molecule has 0 aliphatic heterocycles. The van der Waals surface area contributed by atoms with Crippen molar-refractivity contribution in [3.8, 4) is 0 Å². The van der Waals surface area contributed by atoms with Gasteiger partial charge in [0.1, 0.15) is 0 Å². The third-order valence-corrected chi connectivity index (χ3v) is 3.47. The summed E-state index contributed by atoms with van der Waals surface area (Å²) in [5.41, 5.74) is 5.47. The minimum Gasteiger partial charge on any atom is -0.394 e. The largest absolute Gasteiger partial charge is 0.394 e. The van der Waals surface area contributed by atoms with E-state index in [4.69, 9.17) is 10.8 Å². The fourth-order valence-corrected chi connectivity index (χ4v) is 1.98. The van der Waals surface area contributed by atoms with Crippen molar-refractivity contribution < 1.29 is 5.11 Å². The van der Waals surface area contributed by atoms with Crippen LogP contribution in [0.5, 0.6) is 0 Å². The second kappa shape index (κ2) is 5.28. The molecule has 3 nitrogen and oxygen atoms in total. The summed E-state index contributed by atoms with van der Waals surface area (Å²) in [6, 6.07) is 0. The number of nitrogens with two attached hydrogens (primary N) is 1.